The summed E-state index contributed by atoms with van der Waals surface area (Å²) in [5.41, 5.74) is 7.22. The van der Waals surface area contributed by atoms with Crippen molar-refractivity contribution in [3.63, 3.8) is 0 Å². The average molecular weight is 642 g/mol. The number of carboxylic acid groups (broad SMARTS) is 2. The molecule has 1 heterocycles. The number of hydrogen-bond acceptors (Lipinski definition) is 6. The lowest BCUT2D eigenvalue weighted by molar-refractivity contribution is -0.142. The number of aliphatic carboxylic acids is 2. The molecule has 0 saturated heterocycles. The van der Waals surface area contributed by atoms with Gasteiger partial charge in [0.15, 0.2) is 0 Å². The van der Waals surface area contributed by atoms with Gasteiger partial charge in [-0.25, -0.2) is 4.79 Å². The number of hydrogen-bond donors (Lipinski definition) is 5. The molecule has 0 unspecified atom stereocenters. The predicted molar refractivity (Wildman–Crippen MR) is 177 cm³/mol. The van der Waals surface area contributed by atoms with Crippen molar-refractivity contribution in [3.8, 4) is 0 Å². The Balaban J connectivity index is 2.32. The van der Waals surface area contributed by atoms with Crippen molar-refractivity contribution in [3.05, 3.63) is 47.7 Å². The lowest BCUT2D eigenvalue weighted by Gasteiger charge is -2.39. The van der Waals surface area contributed by atoms with Crippen molar-refractivity contribution in [2.75, 3.05) is 7.05 Å². The number of nitrogens with zero attached hydrogens (tertiary/aromatic N) is 2. The Labute approximate surface area is 271 Å². The maximum Gasteiger partial charge on any atom is 0.326 e. The fourth-order valence-electron chi connectivity index (χ4n) is 5.46. The number of benzene rings is 1. The van der Waals surface area contributed by atoms with Crippen LogP contribution in [0.2, 0.25) is 0 Å². The van der Waals surface area contributed by atoms with Gasteiger partial charge in [-0.2, -0.15) is 0 Å². The van der Waals surface area contributed by atoms with E-state index in [9.17, 15) is 29.1 Å². The van der Waals surface area contributed by atoms with Crippen LogP contribution in [0.15, 0.2) is 42.1 Å². The summed E-state index contributed by atoms with van der Waals surface area (Å²) >= 11 is 0. The molecule has 0 spiro atoms. The molecule has 12 heteroatoms. The monoisotopic (exact) mass is 641 g/mol. The van der Waals surface area contributed by atoms with Crippen LogP contribution in [0.3, 0.4) is 0 Å². The van der Waals surface area contributed by atoms with Crippen LogP contribution in [-0.4, -0.2) is 80.6 Å². The Bertz CT molecular complexity index is 1480. The van der Waals surface area contributed by atoms with Gasteiger partial charge in [0.1, 0.15) is 12.1 Å². The predicted octanol–water partition coefficient (Wildman–Crippen LogP) is 3.18. The minimum absolute atomic E-state index is 0.162. The van der Waals surface area contributed by atoms with Gasteiger partial charge in [-0.1, -0.05) is 72.7 Å². The largest absolute Gasteiger partial charge is 0.481 e. The maximum absolute atomic E-state index is 14.1. The van der Waals surface area contributed by atoms with Crippen molar-refractivity contribution in [2.45, 2.75) is 97.8 Å². The molecule has 1 aromatic carbocycles. The second kappa shape index (κ2) is 14.9. The van der Waals surface area contributed by atoms with Gasteiger partial charge in [0.2, 0.25) is 17.7 Å². The van der Waals surface area contributed by atoms with E-state index in [0.29, 0.717) is 0 Å². The van der Waals surface area contributed by atoms with Gasteiger partial charge in [-0.15, -0.1) is 0 Å². The number of carboxylic acids is 2. The molecule has 2 rings (SSSR count). The highest BCUT2D eigenvalue weighted by atomic mass is 16.4. The zero-order chi connectivity index (χ0) is 35.3. The standard InChI is InChI=1S/C34H51N5O7/c1-19(2)25(17-20(3)29(42)36-23(32(45)46)15-16-26(40)41)39(10)31(44)28(33(4,5)6)37-30(43)27(35)34(7,8)22-18-38(9)24-14-12-11-13-21(22)24/h11-14,17-19,23,25,27-28H,15-16,35H2,1-10H3,(H,36,42)(H,37,43)(H,40,41)(H,45,46)/b20-17+/t23-,25-,27-,28-/m1/s1. The Kier molecular flexibility index (Phi) is 12.3. The number of carbonyl (C=O) groups excluding carboxylic acids is 3. The van der Waals surface area contributed by atoms with Crippen LogP contribution in [0, 0.1) is 11.3 Å². The molecule has 0 fully saturated rings. The number of aryl methyl sites for hydroxylation is 1. The summed E-state index contributed by atoms with van der Waals surface area (Å²) in [4.78, 5) is 64.7. The first-order chi connectivity index (χ1) is 21.1. The normalized spacial score (nSPS) is 15.2. The van der Waals surface area contributed by atoms with E-state index in [1.54, 1.807) is 13.1 Å². The summed E-state index contributed by atoms with van der Waals surface area (Å²) in [5, 5.41) is 24.6. The third-order valence-electron chi connectivity index (χ3n) is 8.56. The molecule has 0 aliphatic heterocycles. The minimum Gasteiger partial charge on any atom is -0.481 e. The van der Waals surface area contributed by atoms with Gasteiger partial charge in [0.05, 0.1) is 12.1 Å². The van der Waals surface area contributed by atoms with Crippen LogP contribution in [0.25, 0.3) is 10.9 Å². The number of para-hydroxylation sites is 1. The number of nitrogens with two attached hydrogens (primary N) is 1. The van der Waals surface area contributed by atoms with Gasteiger partial charge >= 0.3 is 11.9 Å². The highest BCUT2D eigenvalue weighted by molar-refractivity contribution is 5.96. The van der Waals surface area contributed by atoms with Gasteiger partial charge < -0.3 is 36.0 Å². The lowest BCUT2D eigenvalue weighted by atomic mass is 9.77. The van der Waals surface area contributed by atoms with Crippen LogP contribution < -0.4 is 16.4 Å². The summed E-state index contributed by atoms with van der Waals surface area (Å²) in [5.74, 6) is -4.24. The van der Waals surface area contributed by atoms with Gasteiger partial charge in [-0.05, 0) is 36.3 Å². The smallest absolute Gasteiger partial charge is 0.326 e. The molecular formula is C34H51N5O7. The molecule has 6 N–H and O–H groups in total. The van der Waals surface area contributed by atoms with E-state index in [-0.39, 0.29) is 23.8 Å². The molecule has 1 aromatic heterocycles. The Morgan fingerprint density at radius 2 is 1.61 bits per heavy atom. The van der Waals surface area contributed by atoms with E-state index in [2.05, 4.69) is 10.6 Å². The molecule has 3 amide bonds. The first kappa shape index (κ1) is 38.0. The molecule has 254 valence electrons. The van der Waals surface area contributed by atoms with E-state index in [1.807, 2.05) is 90.5 Å². The van der Waals surface area contributed by atoms with Crippen molar-refractivity contribution in [1.82, 2.24) is 20.1 Å². The van der Waals surface area contributed by atoms with Crippen LogP contribution in [-0.2, 0) is 36.4 Å². The Morgan fingerprint density at radius 1 is 1.02 bits per heavy atom. The molecule has 0 saturated carbocycles. The topological polar surface area (TPSA) is 184 Å². The molecular weight excluding hydrogens is 590 g/mol. The van der Waals surface area contributed by atoms with E-state index in [0.717, 1.165) is 16.5 Å². The second-order valence-corrected chi connectivity index (χ2v) is 14.0. The number of fused-ring (bicyclic) bond motifs is 1. The lowest BCUT2D eigenvalue weighted by Crippen LogP contribution is -2.61. The number of aromatic nitrogens is 1. The van der Waals surface area contributed by atoms with E-state index >= 15 is 0 Å². The van der Waals surface area contributed by atoms with Gasteiger partial charge in [-0.3, -0.25) is 19.2 Å². The molecule has 0 bridgehead atoms. The van der Waals surface area contributed by atoms with Gasteiger partial charge in [0, 0.05) is 48.6 Å². The summed E-state index contributed by atoms with van der Waals surface area (Å²) in [7, 11) is 3.53. The summed E-state index contributed by atoms with van der Waals surface area (Å²) in [6.45, 7) is 14.6. The average Bonchev–Trinajstić information content (AvgIpc) is 3.31. The van der Waals surface area contributed by atoms with E-state index < -0.39 is 65.2 Å². The SMILES string of the molecule is C/C(=C\[C@H](C(C)C)N(C)C(=O)[C@@H](NC(=O)[C@@H](N)C(C)(C)c1cn(C)c2ccccc12)C(C)(C)C)C(=O)N[C@H](CCC(=O)O)C(=O)O. The third kappa shape index (κ3) is 8.96. The van der Waals surface area contributed by atoms with Crippen LogP contribution in [0.1, 0.15) is 73.8 Å². The molecule has 46 heavy (non-hydrogen) atoms. The summed E-state index contributed by atoms with van der Waals surface area (Å²) in [6.07, 6.45) is 2.85. The Morgan fingerprint density at radius 3 is 2.13 bits per heavy atom. The second-order valence-electron chi connectivity index (χ2n) is 14.0. The fraction of sp³-hybridized carbons (Fsp3) is 0.559. The Hall–Kier alpha value is -4.19. The van der Waals surface area contributed by atoms with Crippen LogP contribution in [0.4, 0.5) is 0 Å². The zero-order valence-corrected chi connectivity index (χ0v) is 28.7. The fourth-order valence-corrected chi connectivity index (χ4v) is 5.46. The summed E-state index contributed by atoms with van der Waals surface area (Å²) < 4.78 is 1.99. The van der Waals surface area contributed by atoms with Crippen molar-refractivity contribution in [1.29, 1.82) is 0 Å². The summed E-state index contributed by atoms with van der Waals surface area (Å²) in [6, 6.07) is 3.95. The van der Waals surface area contributed by atoms with Crippen molar-refractivity contribution < 1.29 is 34.2 Å². The van der Waals surface area contributed by atoms with E-state index in [1.165, 1.54) is 11.8 Å². The molecule has 0 aliphatic rings. The highest BCUT2D eigenvalue weighted by Gasteiger charge is 2.41. The molecule has 0 aliphatic carbocycles. The first-order valence-corrected chi connectivity index (χ1v) is 15.4. The minimum atomic E-state index is -1.38. The highest BCUT2D eigenvalue weighted by Crippen LogP contribution is 2.34. The third-order valence-corrected chi connectivity index (χ3v) is 8.56. The number of amides is 3. The number of likely N-dealkylation sites (N-methyl/N-ethyl adjacent to an activating group) is 1. The molecule has 12 nitrogen and oxygen atoms in total. The zero-order valence-electron chi connectivity index (χ0n) is 28.7. The maximum atomic E-state index is 14.1. The first-order valence-electron chi connectivity index (χ1n) is 15.4. The number of rotatable bonds is 14. The molecule has 0 radical (unpaired) electrons. The van der Waals surface area contributed by atoms with Crippen molar-refractivity contribution in [2.24, 2.45) is 24.1 Å². The number of nitrogens with one attached hydrogen (secondary N) is 2. The van der Waals surface area contributed by atoms with Crippen LogP contribution >= 0.6 is 0 Å². The molecule has 2 aromatic rings. The quantitative estimate of drug-likeness (QED) is 0.195. The number of carbonyl (C=O) groups is 5. The van der Waals surface area contributed by atoms with E-state index in [4.69, 9.17) is 10.8 Å². The van der Waals surface area contributed by atoms with Crippen molar-refractivity contribution >= 4 is 40.6 Å². The molecule has 4 atom stereocenters. The van der Waals surface area contributed by atoms with Gasteiger partial charge in [0.25, 0.3) is 0 Å². The van der Waals surface area contributed by atoms with Crippen LogP contribution in [0.5, 0.6) is 0 Å².